The van der Waals surface area contributed by atoms with Crippen molar-refractivity contribution in [1.29, 1.82) is 0 Å². The van der Waals surface area contributed by atoms with Crippen molar-refractivity contribution in [2.45, 2.75) is 13.8 Å². The lowest BCUT2D eigenvalue weighted by Crippen LogP contribution is -2.15. The molecular weight excluding hydrogens is 282 g/mol. The highest BCUT2D eigenvalue weighted by Crippen LogP contribution is 2.28. The van der Waals surface area contributed by atoms with Gasteiger partial charge in [-0.2, -0.15) is 0 Å². The van der Waals surface area contributed by atoms with E-state index in [4.69, 9.17) is 5.73 Å². The van der Waals surface area contributed by atoms with Crippen LogP contribution in [0.4, 0.5) is 16.1 Å². The summed E-state index contributed by atoms with van der Waals surface area (Å²) in [5.41, 5.74) is 5.79. The molecule has 19 heavy (non-hydrogen) atoms. The Bertz CT molecular complexity index is 592. The minimum Gasteiger partial charge on any atom is -0.382 e. The van der Waals surface area contributed by atoms with Gasteiger partial charge in [0, 0.05) is 24.7 Å². The number of nitrogens with zero attached hydrogens (tertiary/aromatic N) is 3. The van der Waals surface area contributed by atoms with Crippen LogP contribution < -0.4 is 16.0 Å². The minimum absolute atomic E-state index is 0.256. The van der Waals surface area contributed by atoms with Crippen molar-refractivity contribution in [2.24, 2.45) is 0 Å². The van der Waals surface area contributed by atoms with Gasteiger partial charge >= 0.3 is 0 Å². The van der Waals surface area contributed by atoms with E-state index in [1.165, 1.54) is 22.7 Å². The van der Waals surface area contributed by atoms with Gasteiger partial charge in [0.15, 0.2) is 10.3 Å². The van der Waals surface area contributed by atoms with E-state index in [1.807, 2.05) is 25.8 Å². The molecule has 0 fully saturated rings. The monoisotopic (exact) mass is 297 g/mol. The molecule has 0 aliphatic rings. The third-order valence-corrected chi connectivity index (χ3v) is 4.50. The number of nitrogen functional groups attached to an aromatic ring is 1. The van der Waals surface area contributed by atoms with Crippen LogP contribution in [0, 0.1) is 6.92 Å². The molecule has 2 heterocycles. The summed E-state index contributed by atoms with van der Waals surface area (Å²) in [6.07, 6.45) is 1.71. The Kier molecular flexibility index (Phi) is 4.01. The maximum atomic E-state index is 12.1. The van der Waals surface area contributed by atoms with Crippen molar-refractivity contribution >= 4 is 44.7 Å². The fraction of sp³-hybridized carbons (Fsp3) is 0.364. The number of hydrogen-bond acceptors (Lipinski definition) is 7. The third kappa shape index (κ3) is 3.02. The molecule has 0 spiro atoms. The smallest absolute Gasteiger partial charge is 0.271 e. The van der Waals surface area contributed by atoms with E-state index >= 15 is 0 Å². The molecule has 0 aromatic carbocycles. The largest absolute Gasteiger partial charge is 0.382 e. The number of aromatic nitrogens is 2. The van der Waals surface area contributed by atoms with E-state index in [2.05, 4.69) is 15.3 Å². The molecule has 2 aromatic rings. The Balaban J connectivity index is 2.17. The highest BCUT2D eigenvalue weighted by molar-refractivity contribution is 7.18. The van der Waals surface area contributed by atoms with Crippen molar-refractivity contribution in [3.8, 4) is 0 Å². The predicted molar refractivity (Wildman–Crippen MR) is 80.3 cm³/mol. The normalized spacial score (nSPS) is 10.5. The third-order valence-electron chi connectivity index (χ3n) is 2.49. The van der Waals surface area contributed by atoms with Crippen LogP contribution in [0.1, 0.15) is 21.5 Å². The van der Waals surface area contributed by atoms with Gasteiger partial charge in [-0.25, -0.2) is 9.97 Å². The molecule has 0 saturated heterocycles. The van der Waals surface area contributed by atoms with Gasteiger partial charge in [0.1, 0.15) is 10.7 Å². The number of amides is 1. The molecule has 102 valence electrons. The molecule has 0 unspecified atom stereocenters. The van der Waals surface area contributed by atoms with E-state index in [9.17, 15) is 4.79 Å². The van der Waals surface area contributed by atoms with Gasteiger partial charge in [-0.15, -0.1) is 11.3 Å². The van der Waals surface area contributed by atoms with Crippen LogP contribution in [-0.4, -0.2) is 29.5 Å². The van der Waals surface area contributed by atoms with Crippen molar-refractivity contribution in [3.05, 3.63) is 16.0 Å². The molecule has 6 nitrogen and oxygen atoms in total. The zero-order valence-corrected chi connectivity index (χ0v) is 12.6. The number of rotatable bonds is 4. The zero-order valence-electron chi connectivity index (χ0n) is 10.9. The molecule has 3 N–H and O–H groups in total. The second-order valence-electron chi connectivity index (χ2n) is 3.96. The molecule has 0 bridgehead atoms. The number of hydrogen-bond donors (Lipinski definition) is 2. The van der Waals surface area contributed by atoms with Gasteiger partial charge in [-0.05, 0) is 13.8 Å². The molecule has 0 aliphatic carbocycles. The molecule has 1 amide bonds. The summed E-state index contributed by atoms with van der Waals surface area (Å²) in [5.74, 6) is -0.00817. The van der Waals surface area contributed by atoms with Crippen molar-refractivity contribution < 1.29 is 4.79 Å². The SMILES string of the molecule is CCN(C)c1nc(N)c(C(=O)Nc2ncc(C)s2)s1. The Hall–Kier alpha value is -1.67. The predicted octanol–water partition coefficient (Wildman–Crippen LogP) is 2.20. The molecular formula is C11H15N5OS2. The summed E-state index contributed by atoms with van der Waals surface area (Å²) < 4.78 is 0. The number of thiazole rings is 2. The van der Waals surface area contributed by atoms with Gasteiger partial charge < -0.3 is 10.6 Å². The molecule has 0 atom stereocenters. The first kappa shape index (κ1) is 13.8. The molecule has 0 radical (unpaired) electrons. The first-order valence-corrected chi connectivity index (χ1v) is 7.35. The van der Waals surface area contributed by atoms with E-state index in [0.29, 0.717) is 10.0 Å². The molecule has 0 saturated carbocycles. The number of nitrogens with one attached hydrogen (secondary N) is 1. The summed E-state index contributed by atoms with van der Waals surface area (Å²) in [5, 5.41) is 4.04. The lowest BCUT2D eigenvalue weighted by atomic mass is 10.5. The van der Waals surface area contributed by atoms with Gasteiger partial charge in [0.05, 0.1) is 0 Å². The summed E-state index contributed by atoms with van der Waals surface area (Å²) in [4.78, 5) is 23.8. The van der Waals surface area contributed by atoms with E-state index in [1.54, 1.807) is 6.20 Å². The van der Waals surface area contributed by atoms with Gasteiger partial charge in [-0.1, -0.05) is 11.3 Å². The Morgan fingerprint density at radius 1 is 1.53 bits per heavy atom. The van der Waals surface area contributed by atoms with Crippen LogP contribution in [0.2, 0.25) is 0 Å². The van der Waals surface area contributed by atoms with Crippen molar-refractivity contribution in [1.82, 2.24) is 9.97 Å². The average Bonchev–Trinajstić information content (AvgIpc) is 2.94. The quantitative estimate of drug-likeness (QED) is 0.903. The standard InChI is InChI=1S/C11H15N5OS2/c1-4-16(3)11-14-8(12)7(19-11)9(17)15-10-13-5-6(2)18-10/h5H,4,12H2,1-3H3,(H,13,15,17). The van der Waals surface area contributed by atoms with E-state index < -0.39 is 0 Å². The van der Waals surface area contributed by atoms with Gasteiger partial charge in [-0.3, -0.25) is 10.1 Å². The first-order valence-electron chi connectivity index (χ1n) is 5.72. The fourth-order valence-corrected chi connectivity index (χ4v) is 2.91. The minimum atomic E-state index is -0.264. The van der Waals surface area contributed by atoms with Crippen molar-refractivity contribution in [2.75, 3.05) is 29.5 Å². The Morgan fingerprint density at radius 3 is 2.84 bits per heavy atom. The van der Waals surface area contributed by atoms with Gasteiger partial charge in [0.25, 0.3) is 5.91 Å². The van der Waals surface area contributed by atoms with Crippen LogP contribution in [0.25, 0.3) is 0 Å². The van der Waals surface area contributed by atoms with Crippen LogP contribution in [-0.2, 0) is 0 Å². The number of carbonyl (C=O) groups is 1. The second-order valence-corrected chi connectivity index (χ2v) is 6.17. The molecule has 0 aliphatic heterocycles. The maximum absolute atomic E-state index is 12.1. The Labute approximate surface area is 119 Å². The van der Waals surface area contributed by atoms with Gasteiger partial charge in [0.2, 0.25) is 0 Å². The number of aryl methyl sites for hydroxylation is 1. The van der Waals surface area contributed by atoms with E-state index in [-0.39, 0.29) is 11.7 Å². The highest BCUT2D eigenvalue weighted by atomic mass is 32.1. The fourth-order valence-electron chi connectivity index (χ4n) is 1.35. The highest BCUT2D eigenvalue weighted by Gasteiger charge is 2.18. The average molecular weight is 297 g/mol. The van der Waals surface area contributed by atoms with Crippen molar-refractivity contribution in [3.63, 3.8) is 0 Å². The number of carbonyl (C=O) groups excluding carboxylic acids is 1. The Morgan fingerprint density at radius 2 is 2.26 bits per heavy atom. The topological polar surface area (TPSA) is 84.1 Å². The number of anilines is 3. The van der Waals surface area contributed by atoms with Crippen LogP contribution in [0.15, 0.2) is 6.20 Å². The lowest BCUT2D eigenvalue weighted by Gasteiger charge is -2.10. The van der Waals surface area contributed by atoms with Crippen LogP contribution in [0.3, 0.4) is 0 Å². The number of nitrogens with two attached hydrogens (primary N) is 1. The molecule has 8 heteroatoms. The second kappa shape index (κ2) is 5.54. The summed E-state index contributed by atoms with van der Waals surface area (Å²) in [6, 6.07) is 0. The maximum Gasteiger partial charge on any atom is 0.271 e. The first-order chi connectivity index (χ1) is 9.01. The van der Waals surface area contributed by atoms with Crippen LogP contribution in [0.5, 0.6) is 0 Å². The van der Waals surface area contributed by atoms with Crippen LogP contribution >= 0.6 is 22.7 Å². The summed E-state index contributed by atoms with van der Waals surface area (Å²) in [7, 11) is 1.91. The summed E-state index contributed by atoms with van der Waals surface area (Å²) in [6.45, 7) is 4.75. The lowest BCUT2D eigenvalue weighted by molar-refractivity contribution is 0.103. The molecule has 2 aromatic heterocycles. The van der Waals surface area contributed by atoms with E-state index in [0.717, 1.165) is 16.6 Å². The summed E-state index contributed by atoms with van der Waals surface area (Å²) >= 11 is 2.71. The molecule has 2 rings (SSSR count). The zero-order chi connectivity index (χ0) is 14.0.